The van der Waals surface area contributed by atoms with Crippen LogP contribution in [0.4, 0.5) is 0 Å². The largest absolute Gasteiger partial charge is 0.456 e. The van der Waals surface area contributed by atoms with Gasteiger partial charge in [0.15, 0.2) is 5.84 Å². The Labute approximate surface area is 351 Å². The van der Waals surface area contributed by atoms with Gasteiger partial charge in [-0.2, -0.15) is 0 Å². The average Bonchev–Trinajstić information content (AvgIpc) is 3.90. The zero-order chi connectivity index (χ0) is 40.4. The Morgan fingerprint density at radius 2 is 0.885 bits per heavy atom. The molecule has 286 valence electrons. The van der Waals surface area contributed by atoms with Gasteiger partial charge in [0, 0.05) is 45.3 Å². The van der Waals surface area contributed by atoms with Crippen molar-refractivity contribution in [2.75, 3.05) is 7.05 Å². The molecule has 0 aliphatic rings. The topological polar surface area (TPSA) is 51.0 Å². The molecule has 0 N–H and O–H groups in total. The van der Waals surface area contributed by atoms with Gasteiger partial charge in [-0.05, 0) is 103 Å². The van der Waals surface area contributed by atoms with Crippen molar-refractivity contribution >= 4 is 87.7 Å². The molecule has 0 amide bonds. The first-order valence-corrected chi connectivity index (χ1v) is 20.6. The van der Waals surface area contributed by atoms with Gasteiger partial charge in [0.25, 0.3) is 0 Å². The van der Waals surface area contributed by atoms with E-state index in [1.807, 2.05) is 48.5 Å². The van der Waals surface area contributed by atoms with Crippen LogP contribution in [0.15, 0.2) is 219 Å². The predicted molar refractivity (Wildman–Crippen MR) is 255 cm³/mol. The average molecular weight is 781 g/mol. The van der Waals surface area contributed by atoms with E-state index < -0.39 is 0 Å². The quantitative estimate of drug-likeness (QED) is 0.0992. The van der Waals surface area contributed by atoms with Crippen molar-refractivity contribution in [3.8, 4) is 22.3 Å². The number of furan rings is 2. The smallest absolute Gasteiger partial charge is 0.154 e. The van der Waals surface area contributed by atoms with Crippen molar-refractivity contribution in [1.82, 2.24) is 0 Å². The zero-order valence-electron chi connectivity index (χ0n) is 33.3. The molecule has 2 aromatic heterocycles. The molecular formula is C57H36N2O2. The molecule has 0 saturated carbocycles. The maximum atomic E-state index is 6.56. The zero-order valence-corrected chi connectivity index (χ0v) is 33.3. The summed E-state index contributed by atoms with van der Waals surface area (Å²) in [4.78, 5) is 9.98. The number of aliphatic imine (C=N–C) groups is 2. The lowest BCUT2D eigenvalue weighted by Crippen LogP contribution is -2.09. The molecule has 2 heterocycles. The van der Waals surface area contributed by atoms with Gasteiger partial charge in [-0.15, -0.1) is 0 Å². The van der Waals surface area contributed by atoms with E-state index in [2.05, 4.69) is 157 Å². The van der Waals surface area contributed by atoms with Crippen molar-refractivity contribution in [3.63, 3.8) is 0 Å². The van der Waals surface area contributed by atoms with E-state index in [1.165, 1.54) is 32.3 Å². The molecule has 0 atom stereocenters. The Hall–Kier alpha value is -8.08. The van der Waals surface area contributed by atoms with E-state index in [0.29, 0.717) is 5.84 Å². The standard InChI is InChI=1S/C57H36N2O2/c1-58-57(35-13-3-2-4-14-35)59-56(40-26-29-48-47-21-9-10-23-51(47)61-54(48)34-40)39-16-11-15-38(31-39)41-22-12-24-53-55(41)50-33-37(27-30-52(50)60-53)36-25-28-46-44-19-6-5-17-42(44)43-18-7-8-20-45(43)49(46)32-36/h2-34H,1H3. The highest BCUT2D eigenvalue weighted by Gasteiger charge is 2.18. The molecule has 0 aliphatic carbocycles. The molecule has 12 rings (SSSR count). The van der Waals surface area contributed by atoms with E-state index in [0.717, 1.165) is 88.5 Å². The van der Waals surface area contributed by atoms with E-state index in [4.69, 9.17) is 13.8 Å². The van der Waals surface area contributed by atoms with E-state index in [-0.39, 0.29) is 0 Å². The van der Waals surface area contributed by atoms with Crippen molar-refractivity contribution in [2.24, 2.45) is 9.98 Å². The highest BCUT2D eigenvalue weighted by Crippen LogP contribution is 2.41. The van der Waals surface area contributed by atoms with Gasteiger partial charge in [-0.3, -0.25) is 4.99 Å². The van der Waals surface area contributed by atoms with Crippen LogP contribution in [0.3, 0.4) is 0 Å². The van der Waals surface area contributed by atoms with Gasteiger partial charge in [-0.25, -0.2) is 4.99 Å². The summed E-state index contributed by atoms with van der Waals surface area (Å²) in [5, 5.41) is 11.9. The van der Waals surface area contributed by atoms with Crippen LogP contribution < -0.4 is 0 Å². The monoisotopic (exact) mass is 780 g/mol. The van der Waals surface area contributed by atoms with E-state index >= 15 is 0 Å². The number of benzene rings is 10. The molecule has 4 nitrogen and oxygen atoms in total. The van der Waals surface area contributed by atoms with Crippen LogP contribution in [0.1, 0.15) is 16.7 Å². The van der Waals surface area contributed by atoms with E-state index in [1.54, 1.807) is 7.05 Å². The Morgan fingerprint density at radius 3 is 1.66 bits per heavy atom. The highest BCUT2D eigenvalue weighted by molar-refractivity contribution is 6.26. The summed E-state index contributed by atoms with van der Waals surface area (Å²) in [5.74, 6) is 0.649. The molecule has 4 heteroatoms. The second-order valence-electron chi connectivity index (χ2n) is 15.6. The molecule has 0 fully saturated rings. The van der Waals surface area contributed by atoms with Gasteiger partial charge in [-0.1, -0.05) is 152 Å². The third-order valence-corrected chi connectivity index (χ3v) is 12.1. The molecule has 10 aromatic carbocycles. The molecular weight excluding hydrogens is 745 g/mol. The van der Waals surface area contributed by atoms with Crippen LogP contribution in [0.2, 0.25) is 0 Å². The molecule has 0 aliphatic heterocycles. The summed E-state index contributed by atoms with van der Waals surface area (Å²) < 4.78 is 12.9. The lowest BCUT2D eigenvalue weighted by Gasteiger charge is -2.12. The third kappa shape index (κ3) is 5.76. The molecule has 0 saturated heterocycles. The molecule has 0 bridgehead atoms. The minimum atomic E-state index is 0.649. The van der Waals surface area contributed by atoms with Crippen LogP contribution >= 0.6 is 0 Å². The number of fused-ring (bicyclic) bond motifs is 12. The minimum Gasteiger partial charge on any atom is -0.456 e. The van der Waals surface area contributed by atoms with Crippen molar-refractivity contribution < 1.29 is 8.83 Å². The van der Waals surface area contributed by atoms with Gasteiger partial charge < -0.3 is 8.83 Å². The number of amidine groups is 1. The molecule has 0 unspecified atom stereocenters. The van der Waals surface area contributed by atoms with E-state index in [9.17, 15) is 0 Å². The fraction of sp³-hybridized carbons (Fsp3) is 0.0175. The summed E-state index contributed by atoms with van der Waals surface area (Å²) in [5.41, 5.74) is 11.5. The minimum absolute atomic E-state index is 0.649. The Balaban J connectivity index is 1.01. The summed E-state index contributed by atoms with van der Waals surface area (Å²) in [6, 6.07) is 70.6. The van der Waals surface area contributed by atoms with Gasteiger partial charge >= 0.3 is 0 Å². The molecule has 61 heavy (non-hydrogen) atoms. The summed E-state index contributed by atoms with van der Waals surface area (Å²) in [7, 11) is 1.80. The summed E-state index contributed by atoms with van der Waals surface area (Å²) in [6.07, 6.45) is 0. The van der Waals surface area contributed by atoms with Gasteiger partial charge in [0.05, 0.1) is 5.71 Å². The Morgan fingerprint density at radius 1 is 0.344 bits per heavy atom. The molecule has 0 spiro atoms. The summed E-state index contributed by atoms with van der Waals surface area (Å²) >= 11 is 0. The number of rotatable bonds is 5. The third-order valence-electron chi connectivity index (χ3n) is 12.1. The Kier molecular flexibility index (Phi) is 8.04. The lowest BCUT2D eigenvalue weighted by molar-refractivity contribution is 0.668. The first kappa shape index (κ1) is 34.9. The predicted octanol–water partition coefficient (Wildman–Crippen LogP) is 15.2. The highest BCUT2D eigenvalue weighted by atomic mass is 16.3. The molecule has 12 aromatic rings. The first-order valence-electron chi connectivity index (χ1n) is 20.6. The second-order valence-corrected chi connectivity index (χ2v) is 15.6. The first-order chi connectivity index (χ1) is 30.2. The number of para-hydroxylation sites is 1. The van der Waals surface area contributed by atoms with Gasteiger partial charge in [0.2, 0.25) is 0 Å². The summed E-state index contributed by atoms with van der Waals surface area (Å²) in [6.45, 7) is 0. The Bertz CT molecular complexity index is 3740. The van der Waals surface area contributed by atoms with Crippen LogP contribution in [-0.2, 0) is 0 Å². The number of nitrogens with zero attached hydrogens (tertiary/aromatic N) is 2. The maximum Gasteiger partial charge on any atom is 0.154 e. The molecule has 0 radical (unpaired) electrons. The number of hydrogen-bond donors (Lipinski definition) is 0. The second kappa shape index (κ2) is 14.0. The van der Waals surface area contributed by atoms with Crippen LogP contribution in [0, 0.1) is 0 Å². The lowest BCUT2D eigenvalue weighted by atomic mass is 9.91. The fourth-order valence-electron chi connectivity index (χ4n) is 9.27. The van der Waals surface area contributed by atoms with Crippen molar-refractivity contribution in [3.05, 3.63) is 217 Å². The van der Waals surface area contributed by atoms with Gasteiger partial charge in [0.1, 0.15) is 22.3 Å². The van der Waals surface area contributed by atoms with Crippen molar-refractivity contribution in [2.45, 2.75) is 0 Å². The van der Waals surface area contributed by atoms with Crippen molar-refractivity contribution in [1.29, 1.82) is 0 Å². The fourth-order valence-corrected chi connectivity index (χ4v) is 9.27. The van der Waals surface area contributed by atoms with Crippen LogP contribution in [0.5, 0.6) is 0 Å². The van der Waals surface area contributed by atoms with Crippen LogP contribution in [0.25, 0.3) is 98.4 Å². The SMILES string of the molecule is CN=C(N=C(c1cccc(-c2cccc3oc4ccc(-c5ccc6c7ccccc7c7ccccc7c6c5)cc4c23)c1)c1ccc2c(c1)oc1ccccc12)c1ccccc1. The number of hydrogen-bond acceptors (Lipinski definition) is 3. The van der Waals surface area contributed by atoms with Crippen LogP contribution in [-0.4, -0.2) is 18.6 Å². The maximum absolute atomic E-state index is 6.56. The normalized spacial score (nSPS) is 12.5.